The lowest BCUT2D eigenvalue weighted by Crippen LogP contribution is -2.50. The van der Waals surface area contributed by atoms with E-state index in [0.717, 1.165) is 52.4 Å². The number of rotatable bonds is 7. The minimum Gasteiger partial charge on any atom is -0.444 e. The number of nitriles is 1. The van der Waals surface area contributed by atoms with Gasteiger partial charge in [-0.3, -0.25) is 9.67 Å². The summed E-state index contributed by atoms with van der Waals surface area (Å²) < 4.78 is 7.38. The van der Waals surface area contributed by atoms with Crippen LogP contribution in [0.4, 0.5) is 10.5 Å². The van der Waals surface area contributed by atoms with Crippen molar-refractivity contribution >= 4 is 11.8 Å². The fraction of sp³-hybridized carbons (Fsp3) is 0.278. The molecule has 3 aromatic heterocycles. The summed E-state index contributed by atoms with van der Waals surface area (Å²) in [6.45, 7) is 8.86. The van der Waals surface area contributed by atoms with Crippen molar-refractivity contribution < 1.29 is 9.53 Å². The Balaban J connectivity index is 1.17. The summed E-state index contributed by atoms with van der Waals surface area (Å²) in [4.78, 5) is 30.3. The van der Waals surface area contributed by atoms with E-state index in [1.807, 2.05) is 74.1 Å². The first-order valence-electron chi connectivity index (χ1n) is 15.4. The van der Waals surface area contributed by atoms with Gasteiger partial charge in [-0.05, 0) is 68.3 Å². The third-order valence-electron chi connectivity index (χ3n) is 7.74. The van der Waals surface area contributed by atoms with Crippen molar-refractivity contribution in [1.29, 1.82) is 5.26 Å². The van der Waals surface area contributed by atoms with Gasteiger partial charge in [0.2, 0.25) is 0 Å². The van der Waals surface area contributed by atoms with Gasteiger partial charge in [0.15, 0.2) is 0 Å². The third-order valence-corrected chi connectivity index (χ3v) is 7.74. The van der Waals surface area contributed by atoms with E-state index in [1.165, 1.54) is 0 Å². The van der Waals surface area contributed by atoms with Crippen molar-refractivity contribution in [3.8, 4) is 28.6 Å². The van der Waals surface area contributed by atoms with Crippen LogP contribution in [-0.2, 0) is 17.7 Å². The van der Waals surface area contributed by atoms with Gasteiger partial charge in [-0.2, -0.15) is 10.4 Å². The van der Waals surface area contributed by atoms with Gasteiger partial charge in [-0.15, -0.1) is 0 Å². The van der Waals surface area contributed by atoms with Gasteiger partial charge in [0.25, 0.3) is 0 Å². The highest BCUT2D eigenvalue weighted by molar-refractivity contribution is 5.78. The normalized spacial score (nSPS) is 13.3. The molecule has 6 rings (SSSR count). The Morgan fingerprint density at radius 2 is 1.74 bits per heavy atom. The number of aromatic nitrogens is 5. The van der Waals surface area contributed by atoms with Crippen molar-refractivity contribution in [3.05, 3.63) is 114 Å². The molecular formula is C36H36N8O2. The SMILES string of the molecule is CC(C)(C)OC(=O)N1CCN(c2ccc(Cc3nccc(-c4cn(Cc5ccccc5C#N)nc4-c4cccnc4)n3)cc2)CC1. The predicted molar refractivity (Wildman–Crippen MR) is 176 cm³/mol. The molecule has 2 aromatic carbocycles. The quantitative estimate of drug-likeness (QED) is 0.221. The fourth-order valence-corrected chi connectivity index (χ4v) is 5.46. The van der Waals surface area contributed by atoms with Gasteiger partial charge in [-0.1, -0.05) is 30.3 Å². The molecule has 1 amide bonds. The van der Waals surface area contributed by atoms with E-state index in [2.05, 4.69) is 45.2 Å². The number of carbonyl (C=O) groups excluding carboxylic acids is 1. The number of benzene rings is 2. The Labute approximate surface area is 268 Å². The van der Waals surface area contributed by atoms with Crippen LogP contribution in [0.15, 0.2) is 91.5 Å². The minimum atomic E-state index is -0.498. The van der Waals surface area contributed by atoms with Gasteiger partial charge < -0.3 is 14.5 Å². The second-order valence-corrected chi connectivity index (χ2v) is 12.3. The van der Waals surface area contributed by atoms with E-state index >= 15 is 0 Å². The molecule has 1 saturated heterocycles. The van der Waals surface area contributed by atoms with Gasteiger partial charge >= 0.3 is 6.09 Å². The van der Waals surface area contributed by atoms with Crippen molar-refractivity contribution in [2.24, 2.45) is 0 Å². The molecule has 4 heterocycles. The molecule has 232 valence electrons. The highest BCUT2D eigenvalue weighted by Crippen LogP contribution is 2.30. The monoisotopic (exact) mass is 612 g/mol. The molecular weight excluding hydrogens is 576 g/mol. The van der Waals surface area contributed by atoms with E-state index in [1.54, 1.807) is 23.5 Å². The smallest absolute Gasteiger partial charge is 0.410 e. The molecule has 46 heavy (non-hydrogen) atoms. The van der Waals surface area contributed by atoms with Crippen LogP contribution in [-0.4, -0.2) is 67.5 Å². The van der Waals surface area contributed by atoms with E-state index < -0.39 is 5.60 Å². The number of pyridine rings is 1. The topological polar surface area (TPSA) is 113 Å². The van der Waals surface area contributed by atoms with Crippen molar-refractivity contribution in [3.63, 3.8) is 0 Å². The first-order chi connectivity index (χ1) is 22.3. The molecule has 0 unspecified atom stereocenters. The molecule has 10 nitrogen and oxygen atoms in total. The van der Waals surface area contributed by atoms with Crippen molar-refractivity contribution in [1.82, 2.24) is 29.6 Å². The minimum absolute atomic E-state index is 0.256. The molecule has 0 radical (unpaired) electrons. The van der Waals surface area contributed by atoms with Crippen LogP contribution in [0.3, 0.4) is 0 Å². The van der Waals surface area contributed by atoms with Gasteiger partial charge in [0.05, 0.1) is 23.9 Å². The van der Waals surface area contributed by atoms with E-state index in [0.29, 0.717) is 37.4 Å². The van der Waals surface area contributed by atoms with Gasteiger partial charge in [-0.25, -0.2) is 14.8 Å². The zero-order valence-corrected chi connectivity index (χ0v) is 26.3. The van der Waals surface area contributed by atoms with Crippen LogP contribution in [0.5, 0.6) is 0 Å². The van der Waals surface area contributed by atoms with Crippen LogP contribution in [0.2, 0.25) is 0 Å². The lowest BCUT2D eigenvalue weighted by molar-refractivity contribution is 0.0240. The number of piperazine rings is 1. The maximum atomic E-state index is 12.4. The largest absolute Gasteiger partial charge is 0.444 e. The number of ether oxygens (including phenoxy) is 1. The second-order valence-electron chi connectivity index (χ2n) is 12.3. The highest BCUT2D eigenvalue weighted by Gasteiger charge is 2.26. The maximum Gasteiger partial charge on any atom is 0.410 e. The summed E-state index contributed by atoms with van der Waals surface area (Å²) in [6, 6.07) is 24.0. The molecule has 1 aliphatic heterocycles. The Morgan fingerprint density at radius 1 is 0.957 bits per heavy atom. The lowest BCUT2D eigenvalue weighted by atomic mass is 10.1. The number of carbonyl (C=O) groups is 1. The molecule has 10 heteroatoms. The van der Waals surface area contributed by atoms with Crippen LogP contribution in [0.25, 0.3) is 22.5 Å². The average molecular weight is 613 g/mol. The van der Waals surface area contributed by atoms with E-state index in [-0.39, 0.29) is 6.09 Å². The zero-order chi connectivity index (χ0) is 32.1. The Hall–Kier alpha value is -5.56. The molecule has 0 bridgehead atoms. The first-order valence-corrected chi connectivity index (χ1v) is 15.4. The van der Waals surface area contributed by atoms with E-state index in [4.69, 9.17) is 14.8 Å². The molecule has 0 saturated carbocycles. The highest BCUT2D eigenvalue weighted by atomic mass is 16.6. The summed E-state index contributed by atoms with van der Waals surface area (Å²) >= 11 is 0. The van der Waals surface area contributed by atoms with E-state index in [9.17, 15) is 10.1 Å². The van der Waals surface area contributed by atoms with Crippen LogP contribution >= 0.6 is 0 Å². The zero-order valence-electron chi connectivity index (χ0n) is 26.3. The van der Waals surface area contributed by atoms with Crippen LogP contribution in [0, 0.1) is 11.3 Å². The summed E-state index contributed by atoms with van der Waals surface area (Å²) in [5.41, 5.74) is 6.53. The molecule has 1 aliphatic rings. The Bertz CT molecular complexity index is 1850. The molecule has 0 spiro atoms. The fourth-order valence-electron chi connectivity index (χ4n) is 5.46. The molecule has 0 aliphatic carbocycles. The number of amides is 1. The summed E-state index contributed by atoms with van der Waals surface area (Å²) in [5, 5.41) is 14.5. The van der Waals surface area contributed by atoms with Crippen LogP contribution in [0.1, 0.15) is 43.3 Å². The van der Waals surface area contributed by atoms with Crippen molar-refractivity contribution in [2.75, 3.05) is 31.1 Å². The molecule has 5 aromatic rings. The lowest BCUT2D eigenvalue weighted by Gasteiger charge is -2.36. The van der Waals surface area contributed by atoms with Gasteiger partial charge in [0.1, 0.15) is 17.1 Å². The molecule has 0 N–H and O–H groups in total. The number of hydrogen-bond donors (Lipinski definition) is 0. The van der Waals surface area contributed by atoms with Crippen LogP contribution < -0.4 is 4.90 Å². The van der Waals surface area contributed by atoms with Crippen molar-refractivity contribution in [2.45, 2.75) is 39.3 Å². The number of nitrogens with zero attached hydrogens (tertiary/aromatic N) is 8. The standard InChI is InChI=1S/C36H36N8O2/c1-36(2,3)46-35(45)43-19-17-42(18-20-43)30-12-10-26(11-13-30)21-33-39-16-14-32(40-33)31-25-44(24-29-8-5-4-7-27(29)22-37)41-34(31)28-9-6-15-38-23-28/h4-16,23,25H,17-21,24H2,1-3H3. The summed E-state index contributed by atoms with van der Waals surface area (Å²) in [6.07, 6.45) is 7.61. The maximum absolute atomic E-state index is 12.4. The predicted octanol–water partition coefficient (Wildman–Crippen LogP) is 5.97. The number of anilines is 1. The second kappa shape index (κ2) is 13.2. The molecule has 1 fully saturated rings. The summed E-state index contributed by atoms with van der Waals surface area (Å²) in [7, 11) is 0. The Morgan fingerprint density at radius 3 is 2.46 bits per heavy atom. The third kappa shape index (κ3) is 7.21. The van der Waals surface area contributed by atoms with Gasteiger partial charge in [0, 0.05) is 74.2 Å². The average Bonchev–Trinajstić information content (AvgIpc) is 3.49. The Kier molecular flexibility index (Phi) is 8.74. The molecule has 0 atom stereocenters. The first kappa shape index (κ1) is 30.5. The number of hydrogen-bond acceptors (Lipinski definition) is 8. The summed E-state index contributed by atoms with van der Waals surface area (Å²) in [5.74, 6) is 0.705.